The molecule has 0 atom stereocenters. The number of methoxy groups -OCH3 is 1. The van der Waals surface area contributed by atoms with Gasteiger partial charge >= 0.3 is 18.9 Å². The third-order valence-electron chi connectivity index (χ3n) is 0.970. The average molecular weight is 138 g/mol. The van der Waals surface area contributed by atoms with Gasteiger partial charge in [-0.2, -0.15) is 6.42 Å². The zero-order valence-corrected chi connectivity index (χ0v) is 7.06. The summed E-state index contributed by atoms with van der Waals surface area (Å²) in [6.07, 6.45) is 2.00. The predicted octanol–water partition coefficient (Wildman–Crippen LogP) is -1.73. The van der Waals surface area contributed by atoms with Gasteiger partial charge in [0, 0.05) is 13.7 Å². The second kappa shape index (κ2) is 12.2. The zero-order valence-electron chi connectivity index (χ0n) is 7.06. The van der Waals surface area contributed by atoms with E-state index in [4.69, 9.17) is 9.47 Å². The normalized spacial score (nSPS) is 9.00. The molecule has 0 amide bonds. The minimum atomic E-state index is 0. The van der Waals surface area contributed by atoms with Crippen molar-refractivity contribution in [2.24, 2.45) is 0 Å². The predicted molar refractivity (Wildman–Crippen MR) is 37.3 cm³/mol. The van der Waals surface area contributed by atoms with Crippen molar-refractivity contribution in [2.45, 2.75) is 12.8 Å². The molecule has 0 saturated heterocycles. The smallest absolute Gasteiger partial charge is 0.382 e. The van der Waals surface area contributed by atoms with Gasteiger partial charge in [-0.25, -0.2) is 0 Å². The Bertz CT molecular complexity index is 44.9. The minimum Gasteiger partial charge on any atom is -0.382 e. The molecule has 56 valence electrons. The Hall–Kier alpha value is 0.517. The first-order chi connectivity index (χ1) is 4.41. The molecule has 0 radical (unpaired) electrons. The Morgan fingerprint density at radius 3 is 2.40 bits per heavy atom. The molecule has 0 fully saturated rings. The maximum Gasteiger partial charge on any atom is 1.00 e. The second-order valence-electron chi connectivity index (χ2n) is 1.81. The SMILES string of the molecule is [CH2-]CCCOCCOC.[Li+]. The van der Waals surface area contributed by atoms with E-state index in [0.29, 0.717) is 13.2 Å². The van der Waals surface area contributed by atoms with Crippen LogP contribution in [0.5, 0.6) is 0 Å². The Morgan fingerprint density at radius 1 is 1.20 bits per heavy atom. The molecule has 2 nitrogen and oxygen atoms in total. The molecule has 0 aromatic heterocycles. The van der Waals surface area contributed by atoms with Crippen molar-refractivity contribution in [1.82, 2.24) is 0 Å². The van der Waals surface area contributed by atoms with Crippen LogP contribution < -0.4 is 18.9 Å². The van der Waals surface area contributed by atoms with Gasteiger partial charge in [0.15, 0.2) is 0 Å². The average Bonchev–Trinajstić information content (AvgIpc) is 1.89. The van der Waals surface area contributed by atoms with Crippen molar-refractivity contribution in [3.05, 3.63) is 6.92 Å². The van der Waals surface area contributed by atoms with E-state index in [9.17, 15) is 0 Å². The number of ether oxygens (including phenoxy) is 2. The van der Waals surface area contributed by atoms with Crippen LogP contribution in [0.2, 0.25) is 0 Å². The molecule has 0 aliphatic carbocycles. The molecule has 0 heterocycles. The zero-order chi connectivity index (χ0) is 6.95. The largest absolute Gasteiger partial charge is 1.00 e. The molecule has 0 spiro atoms. The molecule has 0 aromatic carbocycles. The standard InChI is InChI=1S/C7H15O2.Li/c1-3-4-5-9-7-6-8-2;/h1,3-7H2,2H3;/q-1;+1. The van der Waals surface area contributed by atoms with Crippen molar-refractivity contribution in [3.8, 4) is 0 Å². The van der Waals surface area contributed by atoms with Gasteiger partial charge in [0.25, 0.3) is 0 Å². The molecule has 10 heavy (non-hydrogen) atoms. The molecule has 0 unspecified atom stereocenters. The quantitative estimate of drug-likeness (QED) is 0.246. The number of rotatable bonds is 6. The van der Waals surface area contributed by atoms with E-state index < -0.39 is 0 Å². The molecule has 0 N–H and O–H groups in total. The fourth-order valence-electron chi connectivity index (χ4n) is 0.448. The molecule has 0 saturated carbocycles. The Labute approximate surface area is 75.5 Å². The van der Waals surface area contributed by atoms with Crippen LogP contribution >= 0.6 is 0 Å². The summed E-state index contributed by atoms with van der Waals surface area (Å²) in [5, 5.41) is 0. The molecular weight excluding hydrogens is 123 g/mol. The van der Waals surface area contributed by atoms with Crippen molar-refractivity contribution >= 4 is 0 Å². The molecule has 0 bridgehead atoms. The molecule has 0 aromatic rings. The van der Waals surface area contributed by atoms with Crippen molar-refractivity contribution in [1.29, 1.82) is 0 Å². The Morgan fingerprint density at radius 2 is 1.90 bits per heavy atom. The van der Waals surface area contributed by atoms with E-state index in [2.05, 4.69) is 6.92 Å². The Kier molecular flexibility index (Phi) is 16.0. The van der Waals surface area contributed by atoms with Crippen LogP contribution in [0.4, 0.5) is 0 Å². The van der Waals surface area contributed by atoms with E-state index in [0.717, 1.165) is 19.4 Å². The fourth-order valence-corrected chi connectivity index (χ4v) is 0.448. The van der Waals surface area contributed by atoms with Gasteiger partial charge in [0.2, 0.25) is 0 Å². The van der Waals surface area contributed by atoms with E-state index in [1.807, 2.05) is 0 Å². The van der Waals surface area contributed by atoms with Gasteiger partial charge in [0.05, 0.1) is 13.2 Å². The minimum absolute atomic E-state index is 0. The molecule has 3 heteroatoms. The summed E-state index contributed by atoms with van der Waals surface area (Å²) < 4.78 is 9.93. The van der Waals surface area contributed by atoms with Gasteiger partial charge < -0.3 is 16.4 Å². The Balaban J connectivity index is 0. The van der Waals surface area contributed by atoms with Crippen LogP contribution in [-0.2, 0) is 9.47 Å². The summed E-state index contributed by atoms with van der Waals surface area (Å²) in [6.45, 7) is 5.90. The van der Waals surface area contributed by atoms with Crippen LogP contribution in [0.3, 0.4) is 0 Å². The number of hydrogen-bond donors (Lipinski definition) is 0. The van der Waals surface area contributed by atoms with Crippen molar-refractivity contribution in [2.75, 3.05) is 26.9 Å². The molecule has 0 aliphatic heterocycles. The van der Waals surface area contributed by atoms with Crippen LogP contribution in [0.15, 0.2) is 0 Å². The monoisotopic (exact) mass is 138 g/mol. The van der Waals surface area contributed by atoms with E-state index in [1.165, 1.54) is 0 Å². The number of unbranched alkanes of at least 4 members (excludes halogenated alkanes) is 1. The summed E-state index contributed by atoms with van der Waals surface area (Å²) in [4.78, 5) is 0. The van der Waals surface area contributed by atoms with E-state index in [-0.39, 0.29) is 18.9 Å². The molecular formula is C7H15LiO2. The first kappa shape index (κ1) is 13.1. The third kappa shape index (κ3) is 11.3. The fraction of sp³-hybridized carbons (Fsp3) is 0.857. The van der Waals surface area contributed by atoms with Gasteiger partial charge in [-0.1, -0.05) is 6.42 Å². The van der Waals surface area contributed by atoms with Gasteiger partial charge in [-0.3, -0.25) is 0 Å². The second-order valence-corrected chi connectivity index (χ2v) is 1.81. The van der Waals surface area contributed by atoms with Crippen LogP contribution in [-0.4, -0.2) is 26.9 Å². The van der Waals surface area contributed by atoms with Crippen molar-refractivity contribution in [3.63, 3.8) is 0 Å². The summed E-state index contributed by atoms with van der Waals surface area (Å²) in [6, 6.07) is 0. The van der Waals surface area contributed by atoms with E-state index in [1.54, 1.807) is 7.11 Å². The first-order valence-corrected chi connectivity index (χ1v) is 3.27. The number of hydrogen-bond acceptors (Lipinski definition) is 2. The van der Waals surface area contributed by atoms with E-state index >= 15 is 0 Å². The van der Waals surface area contributed by atoms with Gasteiger partial charge in [-0.15, -0.1) is 0 Å². The maximum atomic E-state index is 5.15. The summed E-state index contributed by atoms with van der Waals surface area (Å²) in [5.74, 6) is 0. The summed E-state index contributed by atoms with van der Waals surface area (Å²) in [7, 11) is 1.67. The summed E-state index contributed by atoms with van der Waals surface area (Å²) >= 11 is 0. The topological polar surface area (TPSA) is 18.5 Å². The molecule has 0 aliphatic rings. The summed E-state index contributed by atoms with van der Waals surface area (Å²) in [5.41, 5.74) is 0. The van der Waals surface area contributed by atoms with Gasteiger partial charge in [0.1, 0.15) is 0 Å². The maximum absolute atomic E-state index is 5.15. The van der Waals surface area contributed by atoms with Crippen LogP contribution in [0, 0.1) is 6.92 Å². The van der Waals surface area contributed by atoms with Crippen LogP contribution in [0.25, 0.3) is 0 Å². The molecule has 0 rings (SSSR count). The third-order valence-corrected chi connectivity index (χ3v) is 0.970. The van der Waals surface area contributed by atoms with Gasteiger partial charge in [-0.05, 0) is 0 Å². The van der Waals surface area contributed by atoms with Crippen LogP contribution in [0.1, 0.15) is 12.8 Å². The first-order valence-electron chi connectivity index (χ1n) is 3.27. The van der Waals surface area contributed by atoms with Crippen molar-refractivity contribution < 1.29 is 28.3 Å².